The van der Waals surface area contributed by atoms with Crippen molar-refractivity contribution in [3.8, 4) is 0 Å². The second-order valence-electron chi connectivity index (χ2n) is 5.25. The zero-order valence-electron chi connectivity index (χ0n) is 11.4. The van der Waals surface area contributed by atoms with E-state index in [9.17, 15) is 9.59 Å². The van der Waals surface area contributed by atoms with Gasteiger partial charge in [-0.1, -0.05) is 13.8 Å². The summed E-state index contributed by atoms with van der Waals surface area (Å²) in [6, 6.07) is -0.271. The Bertz CT molecular complexity index is 352. The van der Waals surface area contributed by atoms with Gasteiger partial charge >= 0.3 is 6.03 Å². The molecule has 2 aliphatic heterocycles. The molecule has 2 saturated heterocycles. The number of hydrogen-bond donors (Lipinski definition) is 1. The maximum absolute atomic E-state index is 12.0. The van der Waals surface area contributed by atoms with Crippen molar-refractivity contribution in [1.29, 1.82) is 0 Å². The standard InChI is InChI=1S/C13H22N2O3/c1-4-13(5-2)11(16)14-12(17)15(13)8-10-7-6-9(3)18-10/h9-10H,4-8H2,1-3H3,(H,14,16,17). The van der Waals surface area contributed by atoms with E-state index in [4.69, 9.17) is 4.74 Å². The molecule has 0 aliphatic carbocycles. The van der Waals surface area contributed by atoms with E-state index in [1.807, 2.05) is 20.8 Å². The fourth-order valence-electron chi connectivity index (χ4n) is 3.03. The van der Waals surface area contributed by atoms with Crippen LogP contribution in [0.2, 0.25) is 0 Å². The summed E-state index contributed by atoms with van der Waals surface area (Å²) in [4.78, 5) is 25.6. The molecule has 2 fully saturated rings. The Balaban J connectivity index is 2.13. The molecular formula is C13H22N2O3. The number of carbonyl (C=O) groups excluding carboxylic acids is 2. The van der Waals surface area contributed by atoms with Gasteiger partial charge in [-0.2, -0.15) is 0 Å². The van der Waals surface area contributed by atoms with Gasteiger partial charge in [0.05, 0.1) is 12.2 Å². The average molecular weight is 254 g/mol. The Hall–Kier alpha value is -1.10. The molecule has 5 heteroatoms. The molecule has 2 atom stereocenters. The molecule has 0 aromatic carbocycles. The van der Waals surface area contributed by atoms with Crippen LogP contribution in [0.3, 0.4) is 0 Å². The Morgan fingerprint density at radius 2 is 2.00 bits per heavy atom. The zero-order chi connectivity index (χ0) is 13.3. The molecule has 0 aromatic rings. The number of imide groups is 1. The number of ether oxygens (including phenoxy) is 1. The number of carbonyl (C=O) groups is 2. The summed E-state index contributed by atoms with van der Waals surface area (Å²) < 4.78 is 5.76. The molecule has 18 heavy (non-hydrogen) atoms. The van der Waals surface area contributed by atoms with Crippen LogP contribution < -0.4 is 5.32 Å². The van der Waals surface area contributed by atoms with Crippen LogP contribution >= 0.6 is 0 Å². The maximum atomic E-state index is 12.0. The largest absolute Gasteiger partial charge is 0.373 e. The number of urea groups is 1. The summed E-state index contributed by atoms with van der Waals surface area (Å²) in [6.45, 7) is 6.46. The summed E-state index contributed by atoms with van der Waals surface area (Å²) in [5.74, 6) is -0.163. The van der Waals surface area contributed by atoms with Gasteiger partial charge in [-0.15, -0.1) is 0 Å². The van der Waals surface area contributed by atoms with Gasteiger partial charge in [0.1, 0.15) is 5.54 Å². The molecule has 2 aliphatic rings. The van der Waals surface area contributed by atoms with Crippen LogP contribution in [0.15, 0.2) is 0 Å². The van der Waals surface area contributed by atoms with E-state index in [1.165, 1.54) is 0 Å². The topological polar surface area (TPSA) is 58.6 Å². The predicted octanol–water partition coefficient (Wildman–Crippen LogP) is 1.66. The van der Waals surface area contributed by atoms with Crippen LogP contribution in [-0.4, -0.2) is 41.1 Å². The van der Waals surface area contributed by atoms with Gasteiger partial charge in [-0.05, 0) is 32.6 Å². The lowest BCUT2D eigenvalue weighted by atomic mass is 9.91. The van der Waals surface area contributed by atoms with E-state index in [0.29, 0.717) is 19.4 Å². The summed E-state index contributed by atoms with van der Waals surface area (Å²) >= 11 is 0. The van der Waals surface area contributed by atoms with Gasteiger partial charge < -0.3 is 9.64 Å². The minimum absolute atomic E-state index is 0.0640. The summed E-state index contributed by atoms with van der Waals surface area (Å²) in [5, 5.41) is 2.44. The van der Waals surface area contributed by atoms with Gasteiger partial charge in [0.2, 0.25) is 0 Å². The first-order chi connectivity index (χ1) is 8.53. The Morgan fingerprint density at radius 1 is 1.33 bits per heavy atom. The van der Waals surface area contributed by atoms with Crippen molar-refractivity contribution in [2.24, 2.45) is 0 Å². The van der Waals surface area contributed by atoms with Crippen LogP contribution in [0.1, 0.15) is 46.5 Å². The van der Waals surface area contributed by atoms with E-state index < -0.39 is 5.54 Å². The van der Waals surface area contributed by atoms with Crippen LogP contribution in [0.4, 0.5) is 4.79 Å². The second kappa shape index (κ2) is 4.88. The maximum Gasteiger partial charge on any atom is 0.325 e. The molecule has 102 valence electrons. The SMILES string of the molecule is CCC1(CC)C(=O)NC(=O)N1CC1CCC(C)O1. The third kappa shape index (κ3) is 2.00. The first-order valence-electron chi connectivity index (χ1n) is 6.82. The molecule has 5 nitrogen and oxygen atoms in total. The highest BCUT2D eigenvalue weighted by atomic mass is 16.5. The highest BCUT2D eigenvalue weighted by Gasteiger charge is 2.51. The number of nitrogens with one attached hydrogen (secondary N) is 1. The van der Waals surface area contributed by atoms with Crippen LogP contribution in [0, 0.1) is 0 Å². The third-order valence-corrected chi connectivity index (χ3v) is 4.28. The lowest BCUT2D eigenvalue weighted by Gasteiger charge is -2.35. The first-order valence-corrected chi connectivity index (χ1v) is 6.82. The van der Waals surface area contributed by atoms with E-state index in [0.717, 1.165) is 12.8 Å². The van der Waals surface area contributed by atoms with Crippen molar-refractivity contribution in [3.63, 3.8) is 0 Å². The average Bonchev–Trinajstić information content (AvgIpc) is 2.84. The van der Waals surface area contributed by atoms with Gasteiger partial charge in [0.25, 0.3) is 5.91 Å². The number of amides is 3. The Morgan fingerprint density at radius 3 is 2.50 bits per heavy atom. The molecule has 0 bridgehead atoms. The zero-order valence-corrected chi connectivity index (χ0v) is 11.4. The van der Waals surface area contributed by atoms with Gasteiger partial charge in [0, 0.05) is 6.54 Å². The molecule has 0 spiro atoms. The Labute approximate surface area is 108 Å². The van der Waals surface area contributed by atoms with E-state index >= 15 is 0 Å². The summed E-state index contributed by atoms with van der Waals surface area (Å²) in [6.07, 6.45) is 3.59. The molecule has 1 N–H and O–H groups in total. The molecule has 2 rings (SSSR count). The van der Waals surface area contributed by atoms with Crippen LogP contribution in [-0.2, 0) is 9.53 Å². The quantitative estimate of drug-likeness (QED) is 0.776. The summed E-state index contributed by atoms with van der Waals surface area (Å²) in [7, 11) is 0. The van der Waals surface area contributed by atoms with E-state index in [2.05, 4.69) is 5.32 Å². The van der Waals surface area contributed by atoms with Crippen molar-refractivity contribution >= 4 is 11.9 Å². The molecule has 0 saturated carbocycles. The number of hydrogen-bond acceptors (Lipinski definition) is 3. The molecule has 0 aromatic heterocycles. The number of nitrogens with zero attached hydrogens (tertiary/aromatic N) is 1. The molecule has 0 radical (unpaired) electrons. The monoisotopic (exact) mass is 254 g/mol. The third-order valence-electron chi connectivity index (χ3n) is 4.28. The van der Waals surface area contributed by atoms with Gasteiger partial charge in [-0.3, -0.25) is 10.1 Å². The van der Waals surface area contributed by atoms with Crippen molar-refractivity contribution in [2.75, 3.05) is 6.54 Å². The second-order valence-corrected chi connectivity index (χ2v) is 5.25. The van der Waals surface area contributed by atoms with E-state index in [1.54, 1.807) is 4.90 Å². The highest BCUT2D eigenvalue weighted by Crippen LogP contribution is 2.31. The van der Waals surface area contributed by atoms with Crippen molar-refractivity contribution in [2.45, 2.75) is 64.2 Å². The van der Waals surface area contributed by atoms with E-state index in [-0.39, 0.29) is 24.1 Å². The summed E-state index contributed by atoms with van der Waals surface area (Å²) in [5.41, 5.74) is -0.674. The first kappa shape index (κ1) is 13.3. The minimum Gasteiger partial charge on any atom is -0.373 e. The molecular weight excluding hydrogens is 232 g/mol. The van der Waals surface area contributed by atoms with Crippen molar-refractivity contribution < 1.29 is 14.3 Å². The minimum atomic E-state index is -0.674. The van der Waals surface area contributed by atoms with Gasteiger partial charge in [0.15, 0.2) is 0 Å². The predicted molar refractivity (Wildman–Crippen MR) is 67.1 cm³/mol. The Kier molecular flexibility index (Phi) is 3.61. The fraction of sp³-hybridized carbons (Fsp3) is 0.846. The normalized spacial score (nSPS) is 30.9. The van der Waals surface area contributed by atoms with Crippen LogP contribution in [0.25, 0.3) is 0 Å². The lowest BCUT2D eigenvalue weighted by molar-refractivity contribution is -0.127. The van der Waals surface area contributed by atoms with Crippen molar-refractivity contribution in [1.82, 2.24) is 10.2 Å². The molecule has 2 heterocycles. The van der Waals surface area contributed by atoms with Crippen LogP contribution in [0.5, 0.6) is 0 Å². The number of rotatable bonds is 4. The smallest absolute Gasteiger partial charge is 0.325 e. The van der Waals surface area contributed by atoms with Crippen molar-refractivity contribution in [3.05, 3.63) is 0 Å². The molecule has 3 amide bonds. The molecule has 2 unspecified atom stereocenters. The fourth-order valence-corrected chi connectivity index (χ4v) is 3.03. The van der Waals surface area contributed by atoms with Gasteiger partial charge in [-0.25, -0.2) is 4.79 Å². The lowest BCUT2D eigenvalue weighted by Crippen LogP contribution is -2.51. The highest BCUT2D eigenvalue weighted by molar-refractivity contribution is 6.06.